The quantitative estimate of drug-likeness (QED) is 0.465. The Morgan fingerprint density at radius 2 is 1.92 bits per heavy atom. The van der Waals surface area contributed by atoms with Crippen LogP contribution in [0.25, 0.3) is 0 Å². The molecular weight excluding hydrogens is 364 g/mol. The summed E-state index contributed by atoms with van der Waals surface area (Å²) in [5, 5.41) is 12.9. The van der Waals surface area contributed by atoms with Crippen LogP contribution in [-0.4, -0.2) is 36.5 Å². The minimum absolute atomic E-state index is 0.0216. The maximum atomic E-state index is 12.0. The predicted molar refractivity (Wildman–Crippen MR) is 92.4 cm³/mol. The molecule has 1 N–H and O–H groups in total. The van der Waals surface area contributed by atoms with Gasteiger partial charge in [0, 0.05) is 11.8 Å². The number of esters is 2. The summed E-state index contributed by atoms with van der Waals surface area (Å²) in [6, 6.07) is 7.08. The summed E-state index contributed by atoms with van der Waals surface area (Å²) >= 11 is 0.658. The predicted octanol–water partition coefficient (Wildman–Crippen LogP) is 2.55. The third-order valence-electron chi connectivity index (χ3n) is 3.24. The molecule has 10 heteroatoms. The number of ether oxygens (including phenoxy) is 2. The largest absolute Gasteiger partial charge is 0.465 e. The number of benzene rings is 1. The van der Waals surface area contributed by atoms with Crippen LogP contribution in [0.3, 0.4) is 0 Å². The fourth-order valence-corrected chi connectivity index (χ4v) is 2.64. The Morgan fingerprint density at radius 3 is 2.54 bits per heavy atom. The topological polar surface area (TPSA) is 125 Å². The van der Waals surface area contributed by atoms with Crippen molar-refractivity contribution >= 4 is 39.9 Å². The van der Waals surface area contributed by atoms with Crippen LogP contribution >= 0.6 is 11.3 Å². The molecule has 0 aliphatic rings. The average Bonchev–Trinajstić information content (AvgIpc) is 3.11. The van der Waals surface area contributed by atoms with Gasteiger partial charge in [-0.2, -0.15) is 0 Å². The fraction of sp³-hybridized carbons (Fsp3) is 0.188. The van der Waals surface area contributed by atoms with Gasteiger partial charge in [0.1, 0.15) is 4.88 Å². The number of nitrogens with zero attached hydrogens (tertiary/aromatic N) is 1. The second kappa shape index (κ2) is 8.21. The summed E-state index contributed by atoms with van der Waals surface area (Å²) in [6.45, 7) is 1.15. The van der Waals surface area contributed by atoms with Crippen molar-refractivity contribution < 1.29 is 28.8 Å². The molecule has 0 unspecified atom stereocenters. The zero-order valence-electron chi connectivity index (χ0n) is 13.8. The summed E-state index contributed by atoms with van der Waals surface area (Å²) < 4.78 is 9.45. The summed E-state index contributed by atoms with van der Waals surface area (Å²) in [5.74, 6) is -2.00. The lowest BCUT2D eigenvalue weighted by Gasteiger charge is -2.10. The molecular formula is C16H14N2O7S. The van der Waals surface area contributed by atoms with E-state index in [0.29, 0.717) is 22.6 Å². The molecule has 1 amide bonds. The SMILES string of the molecule is COC(=O)c1ccc(C)c(NC(=O)COC(=O)c2ccc([N+](=O)[O-])s2)c1. The highest BCUT2D eigenvalue weighted by atomic mass is 32.1. The molecule has 136 valence electrons. The van der Waals surface area contributed by atoms with Gasteiger partial charge >= 0.3 is 16.9 Å². The summed E-state index contributed by atoms with van der Waals surface area (Å²) in [7, 11) is 1.24. The highest BCUT2D eigenvalue weighted by molar-refractivity contribution is 7.17. The van der Waals surface area contributed by atoms with Crippen molar-refractivity contribution in [2.75, 3.05) is 19.0 Å². The molecule has 0 bridgehead atoms. The smallest absolute Gasteiger partial charge is 0.349 e. The van der Waals surface area contributed by atoms with E-state index in [1.54, 1.807) is 19.1 Å². The van der Waals surface area contributed by atoms with Gasteiger partial charge < -0.3 is 14.8 Å². The first-order valence-corrected chi connectivity index (χ1v) is 8.03. The number of nitrogens with one attached hydrogen (secondary N) is 1. The molecule has 1 aromatic heterocycles. The van der Waals surface area contributed by atoms with Crippen molar-refractivity contribution in [3.05, 3.63) is 56.5 Å². The number of methoxy groups -OCH3 is 1. The molecule has 0 radical (unpaired) electrons. The maximum absolute atomic E-state index is 12.0. The van der Waals surface area contributed by atoms with Gasteiger partial charge in [0.15, 0.2) is 6.61 Å². The van der Waals surface area contributed by atoms with Crippen molar-refractivity contribution in [2.24, 2.45) is 0 Å². The van der Waals surface area contributed by atoms with Gasteiger partial charge in [-0.15, -0.1) is 0 Å². The Balaban J connectivity index is 1.97. The van der Waals surface area contributed by atoms with Crippen LogP contribution in [0.2, 0.25) is 0 Å². The number of hydrogen-bond donors (Lipinski definition) is 1. The van der Waals surface area contributed by atoms with Crippen molar-refractivity contribution in [3.63, 3.8) is 0 Å². The fourth-order valence-electron chi connectivity index (χ4n) is 1.93. The highest BCUT2D eigenvalue weighted by Crippen LogP contribution is 2.24. The van der Waals surface area contributed by atoms with Gasteiger partial charge in [-0.1, -0.05) is 17.4 Å². The number of anilines is 1. The molecule has 2 rings (SSSR count). The summed E-state index contributed by atoms with van der Waals surface area (Å²) in [6.07, 6.45) is 0. The molecule has 0 saturated carbocycles. The van der Waals surface area contributed by atoms with Gasteiger partial charge in [0.2, 0.25) is 0 Å². The number of carbonyl (C=O) groups excluding carboxylic acids is 3. The second-order valence-corrected chi connectivity index (χ2v) is 6.10. The van der Waals surface area contributed by atoms with E-state index >= 15 is 0 Å². The van der Waals surface area contributed by atoms with E-state index in [1.807, 2.05) is 0 Å². The number of aryl methyl sites for hydroxylation is 1. The molecule has 0 saturated heterocycles. The summed E-state index contributed by atoms with van der Waals surface area (Å²) in [5.41, 5.74) is 1.34. The molecule has 0 atom stereocenters. The first kappa shape index (κ1) is 19.1. The van der Waals surface area contributed by atoms with Gasteiger partial charge in [0.25, 0.3) is 5.91 Å². The minimum Gasteiger partial charge on any atom is -0.465 e. The second-order valence-electron chi connectivity index (χ2n) is 5.04. The Kier molecular flexibility index (Phi) is 6.02. The van der Waals surface area contributed by atoms with Crippen molar-refractivity contribution in [1.29, 1.82) is 0 Å². The number of thiophene rings is 1. The van der Waals surface area contributed by atoms with E-state index in [9.17, 15) is 24.5 Å². The lowest BCUT2D eigenvalue weighted by Crippen LogP contribution is -2.21. The van der Waals surface area contributed by atoms with Gasteiger partial charge in [0.05, 0.1) is 17.6 Å². The van der Waals surface area contributed by atoms with E-state index < -0.39 is 29.4 Å². The molecule has 0 aliphatic carbocycles. The monoisotopic (exact) mass is 378 g/mol. The van der Waals surface area contributed by atoms with Gasteiger partial charge in [-0.05, 0) is 30.7 Å². The Bertz CT molecular complexity index is 875. The number of amides is 1. The van der Waals surface area contributed by atoms with E-state index in [2.05, 4.69) is 10.1 Å². The highest BCUT2D eigenvalue weighted by Gasteiger charge is 2.18. The van der Waals surface area contributed by atoms with E-state index in [1.165, 1.54) is 25.3 Å². The Morgan fingerprint density at radius 1 is 1.19 bits per heavy atom. The minimum atomic E-state index is -0.835. The molecule has 0 fully saturated rings. The molecule has 1 aromatic carbocycles. The lowest BCUT2D eigenvalue weighted by atomic mass is 10.1. The van der Waals surface area contributed by atoms with Crippen LogP contribution in [0.1, 0.15) is 25.6 Å². The molecule has 26 heavy (non-hydrogen) atoms. The van der Waals surface area contributed by atoms with E-state index in [-0.39, 0.29) is 15.4 Å². The number of rotatable bonds is 6. The number of nitro groups is 1. The normalized spacial score (nSPS) is 10.1. The maximum Gasteiger partial charge on any atom is 0.349 e. The summed E-state index contributed by atoms with van der Waals surface area (Å²) in [4.78, 5) is 45.3. The number of hydrogen-bond acceptors (Lipinski definition) is 8. The van der Waals surface area contributed by atoms with Crippen molar-refractivity contribution in [2.45, 2.75) is 6.92 Å². The molecule has 0 spiro atoms. The van der Waals surface area contributed by atoms with Crippen LogP contribution in [-0.2, 0) is 14.3 Å². The first-order valence-electron chi connectivity index (χ1n) is 7.22. The van der Waals surface area contributed by atoms with Crippen molar-refractivity contribution in [3.8, 4) is 0 Å². The standard InChI is InChI=1S/C16H14N2O7S/c1-9-3-4-10(15(20)24-2)7-11(9)17-13(19)8-25-16(21)12-5-6-14(26-12)18(22)23/h3-7H,8H2,1-2H3,(H,17,19). The van der Waals surface area contributed by atoms with Crippen LogP contribution in [0.15, 0.2) is 30.3 Å². The number of carbonyl (C=O) groups is 3. The van der Waals surface area contributed by atoms with Crippen LogP contribution in [0.4, 0.5) is 10.7 Å². The first-order chi connectivity index (χ1) is 12.3. The molecule has 2 aromatic rings. The van der Waals surface area contributed by atoms with Gasteiger partial charge in [-0.3, -0.25) is 14.9 Å². The van der Waals surface area contributed by atoms with Crippen molar-refractivity contribution in [1.82, 2.24) is 0 Å². The third kappa shape index (κ3) is 4.63. The lowest BCUT2D eigenvalue weighted by molar-refractivity contribution is -0.380. The van der Waals surface area contributed by atoms with Crippen LogP contribution in [0.5, 0.6) is 0 Å². The van der Waals surface area contributed by atoms with Crippen LogP contribution in [0, 0.1) is 17.0 Å². The zero-order chi connectivity index (χ0) is 19.3. The Hall–Kier alpha value is -3.27. The molecule has 9 nitrogen and oxygen atoms in total. The third-order valence-corrected chi connectivity index (χ3v) is 4.26. The van der Waals surface area contributed by atoms with Gasteiger partial charge in [-0.25, -0.2) is 9.59 Å². The van der Waals surface area contributed by atoms with Crippen LogP contribution < -0.4 is 5.32 Å². The van der Waals surface area contributed by atoms with E-state index in [4.69, 9.17) is 4.74 Å². The Labute approximate surface area is 151 Å². The van der Waals surface area contributed by atoms with E-state index in [0.717, 1.165) is 0 Å². The zero-order valence-corrected chi connectivity index (χ0v) is 14.6. The molecule has 1 heterocycles. The average molecular weight is 378 g/mol. The molecule has 0 aliphatic heterocycles.